The first kappa shape index (κ1) is 28.2. The van der Waals surface area contributed by atoms with E-state index in [-0.39, 0.29) is 18.2 Å². The number of aryl methyl sites for hydroxylation is 3. The molecule has 3 rings (SSSR count). The van der Waals surface area contributed by atoms with Crippen molar-refractivity contribution in [2.45, 2.75) is 51.0 Å². The average molecular weight is 534 g/mol. The topological polar surface area (TPSA) is 101 Å². The van der Waals surface area contributed by atoms with E-state index in [0.29, 0.717) is 30.7 Å². The summed E-state index contributed by atoms with van der Waals surface area (Å²) >= 11 is 1.60. The first-order valence-electron chi connectivity index (χ1n) is 11.9. The number of rotatable bonds is 10. The summed E-state index contributed by atoms with van der Waals surface area (Å²) in [4.78, 5) is 25.9. The van der Waals surface area contributed by atoms with Gasteiger partial charge in [-0.3, -0.25) is 4.79 Å². The fraction of sp³-hybridized carbons (Fsp3) is 0.481. The summed E-state index contributed by atoms with van der Waals surface area (Å²) in [5.74, 6) is -1.01. The second kappa shape index (κ2) is 10.9. The Labute approximate surface area is 218 Å². The number of aliphatic carboxylic acids is 1. The molecule has 0 aromatic heterocycles. The Morgan fingerprint density at radius 3 is 2.19 bits per heavy atom. The molecule has 1 heterocycles. The van der Waals surface area contributed by atoms with Crippen molar-refractivity contribution in [2.24, 2.45) is 11.8 Å². The largest absolute Gasteiger partial charge is 0.478 e. The number of hydrogen-bond acceptors (Lipinski definition) is 6. The second-order valence-electron chi connectivity index (χ2n) is 10.1. The fourth-order valence-corrected chi connectivity index (χ4v) is 5.96. The Bertz CT molecular complexity index is 1210. The minimum atomic E-state index is -3.41. The molecule has 0 aliphatic carbocycles. The van der Waals surface area contributed by atoms with Gasteiger partial charge in [0.2, 0.25) is 10.0 Å². The third kappa shape index (κ3) is 6.49. The van der Waals surface area contributed by atoms with E-state index < -0.39 is 27.5 Å². The number of sulfonamides is 1. The van der Waals surface area contributed by atoms with Gasteiger partial charge < -0.3 is 9.84 Å². The molecule has 0 spiro atoms. The number of carboxylic acid groups (broad SMARTS) is 1. The molecule has 2 unspecified atom stereocenters. The van der Waals surface area contributed by atoms with Gasteiger partial charge in [0.1, 0.15) is 5.75 Å². The van der Waals surface area contributed by atoms with E-state index >= 15 is 0 Å². The normalized spacial score (nSPS) is 18.8. The Balaban J connectivity index is 1.79. The Morgan fingerprint density at radius 2 is 1.69 bits per heavy atom. The summed E-state index contributed by atoms with van der Waals surface area (Å²) in [6.45, 7) is 7.32. The molecule has 9 heteroatoms. The van der Waals surface area contributed by atoms with Gasteiger partial charge in [0.15, 0.2) is 11.4 Å². The number of carbonyl (C=O) groups excluding carboxylic acids is 1. The van der Waals surface area contributed by atoms with Crippen LogP contribution in [-0.2, 0) is 21.2 Å². The highest BCUT2D eigenvalue weighted by Crippen LogP contribution is 2.34. The van der Waals surface area contributed by atoms with E-state index in [1.807, 2.05) is 56.5 Å². The zero-order valence-electron chi connectivity index (χ0n) is 21.7. The Hall–Kier alpha value is -2.36. The lowest BCUT2D eigenvalue weighted by Crippen LogP contribution is -2.38. The smallest absolute Gasteiger partial charge is 0.347 e. The summed E-state index contributed by atoms with van der Waals surface area (Å²) in [7, 11) is -3.41. The summed E-state index contributed by atoms with van der Waals surface area (Å²) in [6.07, 6.45) is 4.49. The van der Waals surface area contributed by atoms with E-state index in [2.05, 4.69) is 0 Å². The average Bonchev–Trinajstić information content (AvgIpc) is 3.24. The molecule has 1 aliphatic rings. The summed E-state index contributed by atoms with van der Waals surface area (Å²) in [5.41, 5.74) is 1.97. The van der Waals surface area contributed by atoms with Crippen LogP contribution in [0.3, 0.4) is 0 Å². The molecule has 2 atom stereocenters. The highest BCUT2D eigenvalue weighted by Gasteiger charge is 2.41. The summed E-state index contributed by atoms with van der Waals surface area (Å²) < 4.78 is 31.8. The van der Waals surface area contributed by atoms with Gasteiger partial charge in [0, 0.05) is 29.5 Å². The number of Topliss-reactive ketones (excluding diaryl/α,β-unsaturated/α-hetero) is 1. The van der Waals surface area contributed by atoms with Crippen molar-refractivity contribution >= 4 is 33.5 Å². The molecule has 0 radical (unpaired) electrons. The summed E-state index contributed by atoms with van der Waals surface area (Å²) in [6, 6.07) is 11.4. The van der Waals surface area contributed by atoms with Crippen molar-refractivity contribution in [1.82, 2.24) is 4.31 Å². The third-order valence-corrected chi connectivity index (χ3v) is 8.76. The van der Waals surface area contributed by atoms with Gasteiger partial charge in [-0.1, -0.05) is 24.3 Å². The van der Waals surface area contributed by atoms with E-state index in [0.717, 1.165) is 21.6 Å². The molecule has 36 heavy (non-hydrogen) atoms. The number of ketones is 1. The van der Waals surface area contributed by atoms with Crippen LogP contribution in [0, 0.1) is 25.7 Å². The maximum absolute atomic E-state index is 13.4. The number of thioether (sulfide) groups is 1. The quantitative estimate of drug-likeness (QED) is 0.352. The number of carbonyl (C=O) groups is 2. The lowest BCUT2D eigenvalue weighted by atomic mass is 9.84. The molecule has 1 aliphatic heterocycles. The highest BCUT2D eigenvalue weighted by molar-refractivity contribution is 7.98. The molecule has 196 valence electrons. The van der Waals surface area contributed by atoms with Crippen LogP contribution in [-0.4, -0.2) is 60.8 Å². The van der Waals surface area contributed by atoms with Crippen LogP contribution < -0.4 is 4.74 Å². The van der Waals surface area contributed by atoms with Crippen molar-refractivity contribution in [3.8, 4) is 5.75 Å². The Morgan fingerprint density at radius 1 is 1.11 bits per heavy atom. The van der Waals surface area contributed by atoms with Crippen LogP contribution in [0.15, 0.2) is 41.3 Å². The first-order valence-corrected chi connectivity index (χ1v) is 15.0. The van der Waals surface area contributed by atoms with E-state index in [1.165, 1.54) is 24.4 Å². The van der Waals surface area contributed by atoms with Gasteiger partial charge in [0.05, 0.1) is 6.26 Å². The summed E-state index contributed by atoms with van der Waals surface area (Å²) in [5, 5.41) is 9.40. The predicted molar refractivity (Wildman–Crippen MR) is 143 cm³/mol. The lowest BCUT2D eigenvalue weighted by Gasteiger charge is -2.25. The van der Waals surface area contributed by atoms with E-state index in [9.17, 15) is 23.1 Å². The van der Waals surface area contributed by atoms with Gasteiger partial charge in [-0.2, -0.15) is 0 Å². The van der Waals surface area contributed by atoms with Gasteiger partial charge in [-0.25, -0.2) is 17.5 Å². The molecule has 0 amide bonds. The highest BCUT2D eigenvalue weighted by atomic mass is 32.2. The maximum atomic E-state index is 13.4. The zero-order valence-corrected chi connectivity index (χ0v) is 23.3. The van der Waals surface area contributed by atoms with Crippen molar-refractivity contribution in [2.75, 3.05) is 25.6 Å². The standard InChI is InChI=1S/C27H35NO6S2/c1-17-13-19(14-18(2)25(17)34-27(3,4)26(30)31)7-8-21-15-28(36(6,32)33)16-23(21)24(29)20-9-11-22(35-5)12-10-20/h9-14,21,23H,7-8,15-16H2,1-6H3,(H,30,31). The monoisotopic (exact) mass is 533 g/mol. The minimum absolute atomic E-state index is 0.0224. The number of ether oxygens (including phenoxy) is 1. The van der Waals surface area contributed by atoms with Crippen molar-refractivity contribution in [1.29, 1.82) is 0 Å². The number of nitrogens with zero attached hydrogens (tertiary/aromatic N) is 1. The molecule has 1 saturated heterocycles. The maximum Gasteiger partial charge on any atom is 0.347 e. The molecule has 2 aromatic rings. The molecule has 1 fully saturated rings. The first-order chi connectivity index (χ1) is 16.7. The second-order valence-corrected chi connectivity index (χ2v) is 12.9. The molecule has 2 aromatic carbocycles. The number of benzene rings is 2. The lowest BCUT2D eigenvalue weighted by molar-refractivity contribution is -0.152. The molecule has 0 bridgehead atoms. The Kier molecular flexibility index (Phi) is 8.58. The minimum Gasteiger partial charge on any atom is -0.478 e. The SMILES string of the molecule is CSc1ccc(C(=O)C2CN(S(C)(=O)=O)CC2CCc2cc(C)c(OC(C)(C)C(=O)O)c(C)c2)cc1. The fourth-order valence-electron chi connectivity index (χ4n) is 4.66. The van der Waals surface area contributed by atoms with Crippen molar-refractivity contribution in [3.63, 3.8) is 0 Å². The molecule has 0 saturated carbocycles. The van der Waals surface area contributed by atoms with Gasteiger partial charge in [0.25, 0.3) is 0 Å². The van der Waals surface area contributed by atoms with Gasteiger partial charge >= 0.3 is 5.97 Å². The molecule has 7 nitrogen and oxygen atoms in total. The predicted octanol–water partition coefficient (Wildman–Crippen LogP) is 4.59. The molecular weight excluding hydrogens is 498 g/mol. The van der Waals surface area contributed by atoms with Gasteiger partial charge in [-0.15, -0.1) is 11.8 Å². The van der Waals surface area contributed by atoms with Crippen molar-refractivity contribution < 1.29 is 27.9 Å². The van der Waals surface area contributed by atoms with Crippen LogP contribution in [0.1, 0.15) is 47.3 Å². The van der Waals surface area contributed by atoms with Crippen LogP contribution in [0.4, 0.5) is 0 Å². The van der Waals surface area contributed by atoms with Gasteiger partial charge in [-0.05, 0) is 81.5 Å². The van der Waals surface area contributed by atoms with Crippen LogP contribution >= 0.6 is 11.8 Å². The molecular formula is C27H35NO6S2. The zero-order chi connectivity index (χ0) is 26.8. The van der Waals surface area contributed by atoms with Crippen LogP contribution in [0.2, 0.25) is 0 Å². The number of hydrogen-bond donors (Lipinski definition) is 1. The van der Waals surface area contributed by atoms with Crippen LogP contribution in [0.25, 0.3) is 0 Å². The molecule has 1 N–H and O–H groups in total. The number of carboxylic acids is 1. The van der Waals surface area contributed by atoms with Crippen molar-refractivity contribution in [3.05, 3.63) is 58.7 Å². The van der Waals surface area contributed by atoms with E-state index in [1.54, 1.807) is 11.8 Å². The third-order valence-electron chi connectivity index (χ3n) is 6.78. The van der Waals surface area contributed by atoms with E-state index in [4.69, 9.17) is 4.74 Å². The van der Waals surface area contributed by atoms with Crippen LogP contribution in [0.5, 0.6) is 5.75 Å².